The van der Waals surface area contributed by atoms with Gasteiger partial charge in [0.05, 0.1) is 12.4 Å². The molecule has 3 nitrogen and oxygen atoms in total. The molecule has 0 aliphatic carbocycles. The van der Waals surface area contributed by atoms with Gasteiger partial charge < -0.3 is 14.5 Å². The number of nitrogens with one attached hydrogen (secondary N) is 1. The molecule has 0 spiro atoms. The fourth-order valence-corrected chi connectivity index (χ4v) is 1.92. The maximum absolute atomic E-state index is 6.01. The van der Waals surface area contributed by atoms with Crippen LogP contribution in [-0.4, -0.2) is 12.1 Å². The Hall–Kier alpha value is -1.58. The first-order chi connectivity index (χ1) is 9.54. The van der Waals surface area contributed by atoms with Gasteiger partial charge in [-0.1, -0.05) is 30.3 Å². The van der Waals surface area contributed by atoms with Crippen LogP contribution in [0.3, 0.4) is 0 Å². The Bertz CT molecular complexity index is 485. The van der Waals surface area contributed by atoms with Crippen LogP contribution in [0.2, 0.25) is 0 Å². The number of benzene rings is 1. The first-order valence-corrected chi connectivity index (χ1v) is 6.98. The number of ether oxygens (including phenoxy) is 1. The van der Waals surface area contributed by atoms with Crippen LogP contribution in [0, 0.1) is 0 Å². The molecular formula is C17H23NO2. The average molecular weight is 273 g/mol. The summed E-state index contributed by atoms with van der Waals surface area (Å²) in [5.74, 6) is 0.849. The summed E-state index contributed by atoms with van der Waals surface area (Å²) >= 11 is 0. The van der Waals surface area contributed by atoms with Gasteiger partial charge in [0.2, 0.25) is 0 Å². The zero-order valence-electron chi connectivity index (χ0n) is 12.4. The second-order valence-corrected chi connectivity index (χ2v) is 5.92. The van der Waals surface area contributed by atoms with Gasteiger partial charge in [-0.25, -0.2) is 0 Å². The van der Waals surface area contributed by atoms with Crippen LogP contribution in [-0.2, 0) is 11.3 Å². The molecule has 0 radical (unpaired) electrons. The van der Waals surface area contributed by atoms with Crippen LogP contribution in [0.15, 0.2) is 53.1 Å². The molecule has 0 aliphatic rings. The van der Waals surface area contributed by atoms with Gasteiger partial charge >= 0.3 is 0 Å². The van der Waals surface area contributed by atoms with Gasteiger partial charge in [-0.2, -0.15) is 0 Å². The molecule has 1 aromatic heterocycles. The highest BCUT2D eigenvalue weighted by Gasteiger charge is 2.16. The highest BCUT2D eigenvalue weighted by molar-refractivity contribution is 5.18. The van der Waals surface area contributed by atoms with E-state index in [0.717, 1.165) is 12.3 Å². The highest BCUT2D eigenvalue weighted by Crippen LogP contribution is 2.19. The van der Waals surface area contributed by atoms with Gasteiger partial charge in [0.25, 0.3) is 0 Å². The van der Waals surface area contributed by atoms with Crippen molar-refractivity contribution in [2.75, 3.05) is 6.54 Å². The highest BCUT2D eigenvalue weighted by atomic mass is 16.5. The molecule has 1 aromatic carbocycles. The fraction of sp³-hybridized carbons (Fsp3) is 0.412. The zero-order chi connectivity index (χ0) is 14.4. The zero-order valence-corrected chi connectivity index (χ0v) is 12.4. The minimum absolute atomic E-state index is 0.0144. The van der Waals surface area contributed by atoms with Crippen molar-refractivity contribution in [3.63, 3.8) is 0 Å². The Kier molecular flexibility index (Phi) is 4.99. The average Bonchev–Trinajstić information content (AvgIpc) is 2.92. The van der Waals surface area contributed by atoms with E-state index in [9.17, 15) is 0 Å². The van der Waals surface area contributed by atoms with E-state index in [1.807, 2.05) is 30.3 Å². The van der Waals surface area contributed by atoms with E-state index in [0.29, 0.717) is 6.61 Å². The molecule has 20 heavy (non-hydrogen) atoms. The molecule has 1 heterocycles. The molecule has 0 saturated heterocycles. The molecular weight excluding hydrogens is 250 g/mol. The first kappa shape index (κ1) is 14.8. The van der Waals surface area contributed by atoms with Gasteiger partial charge in [0.1, 0.15) is 12.4 Å². The quantitative estimate of drug-likeness (QED) is 0.866. The van der Waals surface area contributed by atoms with Crippen molar-refractivity contribution < 1.29 is 9.15 Å². The summed E-state index contributed by atoms with van der Waals surface area (Å²) in [5.41, 5.74) is 1.25. The smallest absolute Gasteiger partial charge is 0.129 e. The van der Waals surface area contributed by atoms with Gasteiger partial charge in [-0.05, 0) is 38.5 Å². The Morgan fingerprint density at radius 3 is 2.45 bits per heavy atom. The van der Waals surface area contributed by atoms with Gasteiger partial charge in [-0.3, -0.25) is 0 Å². The fourth-order valence-electron chi connectivity index (χ4n) is 1.92. The Balaban J connectivity index is 2.00. The molecule has 3 heteroatoms. The lowest BCUT2D eigenvalue weighted by Crippen LogP contribution is -2.39. The lowest BCUT2D eigenvalue weighted by Gasteiger charge is -2.25. The molecule has 108 valence electrons. The van der Waals surface area contributed by atoms with Crippen LogP contribution in [0.1, 0.15) is 38.2 Å². The van der Waals surface area contributed by atoms with Crippen LogP contribution < -0.4 is 5.32 Å². The summed E-state index contributed by atoms with van der Waals surface area (Å²) in [4.78, 5) is 0. The second-order valence-electron chi connectivity index (χ2n) is 5.92. The third-order valence-corrected chi connectivity index (χ3v) is 3.00. The largest absolute Gasteiger partial charge is 0.467 e. The standard InChI is InChI=1S/C17H23NO2/c1-17(2,3)18-12-16(14-8-5-4-6-9-14)20-13-15-10-7-11-19-15/h4-11,16,18H,12-13H2,1-3H3. The summed E-state index contributed by atoms with van der Waals surface area (Å²) in [6.45, 7) is 7.72. The van der Waals surface area contributed by atoms with Crippen molar-refractivity contribution in [3.05, 3.63) is 60.1 Å². The van der Waals surface area contributed by atoms with Crippen molar-refractivity contribution in [2.45, 2.75) is 39.0 Å². The predicted molar refractivity (Wildman–Crippen MR) is 80.4 cm³/mol. The van der Waals surface area contributed by atoms with Crippen molar-refractivity contribution in [2.24, 2.45) is 0 Å². The van der Waals surface area contributed by atoms with E-state index >= 15 is 0 Å². The van der Waals surface area contributed by atoms with Crippen LogP contribution in [0.5, 0.6) is 0 Å². The maximum atomic E-state index is 6.01. The molecule has 0 saturated carbocycles. The Labute approximate surface area is 121 Å². The van der Waals surface area contributed by atoms with E-state index in [1.165, 1.54) is 5.56 Å². The van der Waals surface area contributed by atoms with Crippen molar-refractivity contribution in [1.29, 1.82) is 0 Å². The minimum atomic E-state index is 0.0144. The van der Waals surface area contributed by atoms with Gasteiger partial charge in [-0.15, -0.1) is 0 Å². The van der Waals surface area contributed by atoms with Crippen molar-refractivity contribution in [1.82, 2.24) is 5.32 Å². The van der Waals surface area contributed by atoms with E-state index in [-0.39, 0.29) is 11.6 Å². The van der Waals surface area contributed by atoms with Gasteiger partial charge in [0.15, 0.2) is 0 Å². The Morgan fingerprint density at radius 2 is 1.85 bits per heavy atom. The number of hydrogen-bond donors (Lipinski definition) is 1. The Morgan fingerprint density at radius 1 is 1.10 bits per heavy atom. The molecule has 0 fully saturated rings. The normalized spacial score (nSPS) is 13.3. The molecule has 0 bridgehead atoms. The third kappa shape index (κ3) is 4.83. The van der Waals surface area contributed by atoms with Crippen molar-refractivity contribution in [3.8, 4) is 0 Å². The minimum Gasteiger partial charge on any atom is -0.467 e. The molecule has 0 aliphatic heterocycles. The first-order valence-electron chi connectivity index (χ1n) is 6.98. The van der Waals surface area contributed by atoms with E-state index in [1.54, 1.807) is 6.26 Å². The van der Waals surface area contributed by atoms with Crippen LogP contribution in [0.25, 0.3) is 0 Å². The van der Waals surface area contributed by atoms with Crippen LogP contribution in [0.4, 0.5) is 0 Å². The maximum Gasteiger partial charge on any atom is 0.129 e. The molecule has 2 aromatic rings. The summed E-state index contributed by atoms with van der Waals surface area (Å²) in [7, 11) is 0. The summed E-state index contributed by atoms with van der Waals surface area (Å²) in [5, 5.41) is 3.49. The molecule has 0 amide bonds. The molecule has 1 atom stereocenters. The van der Waals surface area contributed by atoms with Gasteiger partial charge in [0, 0.05) is 12.1 Å². The lowest BCUT2D eigenvalue weighted by molar-refractivity contribution is 0.0265. The van der Waals surface area contributed by atoms with E-state index in [4.69, 9.17) is 9.15 Å². The molecule has 1 N–H and O–H groups in total. The predicted octanol–water partition coefficient (Wildman–Crippen LogP) is 3.93. The summed E-state index contributed by atoms with van der Waals surface area (Å²) in [6.07, 6.45) is 1.68. The molecule has 2 rings (SSSR count). The topological polar surface area (TPSA) is 34.4 Å². The van der Waals surface area contributed by atoms with Crippen molar-refractivity contribution >= 4 is 0 Å². The van der Waals surface area contributed by atoms with Crippen LogP contribution >= 0.6 is 0 Å². The third-order valence-electron chi connectivity index (χ3n) is 3.00. The van der Waals surface area contributed by atoms with E-state index < -0.39 is 0 Å². The second kappa shape index (κ2) is 6.73. The van der Waals surface area contributed by atoms with E-state index in [2.05, 4.69) is 38.2 Å². The molecule has 1 unspecified atom stereocenters. The number of rotatable bonds is 6. The summed E-state index contributed by atoms with van der Waals surface area (Å²) < 4.78 is 11.3. The number of furan rings is 1. The monoisotopic (exact) mass is 273 g/mol. The SMILES string of the molecule is CC(C)(C)NCC(OCc1ccco1)c1ccccc1. The number of hydrogen-bond acceptors (Lipinski definition) is 3. The lowest BCUT2D eigenvalue weighted by atomic mass is 10.1. The summed E-state index contributed by atoms with van der Waals surface area (Å²) in [6, 6.07) is 14.1.